The first-order valence-electron chi connectivity index (χ1n) is 6.71. The van der Waals surface area contributed by atoms with Gasteiger partial charge in [0.1, 0.15) is 6.33 Å². The van der Waals surface area contributed by atoms with Crippen molar-refractivity contribution in [3.8, 4) is 0 Å². The fraction of sp³-hybridized carbons (Fsp3) is 0.357. The number of benzene rings is 1. The molecule has 1 aliphatic heterocycles. The highest BCUT2D eigenvalue weighted by Gasteiger charge is 2.13. The molecule has 0 saturated carbocycles. The summed E-state index contributed by atoms with van der Waals surface area (Å²) in [5, 5.41) is 14.0. The Morgan fingerprint density at radius 2 is 2.29 bits per heavy atom. The number of ether oxygens (including phenoxy) is 1. The van der Waals surface area contributed by atoms with Crippen LogP contribution in [0.3, 0.4) is 0 Å². The molecule has 21 heavy (non-hydrogen) atoms. The summed E-state index contributed by atoms with van der Waals surface area (Å²) in [6.45, 7) is 1.57. The summed E-state index contributed by atoms with van der Waals surface area (Å²) in [4.78, 5) is 0. The van der Waals surface area contributed by atoms with Crippen LogP contribution >= 0.6 is 23.4 Å². The average molecular weight is 323 g/mol. The van der Waals surface area contributed by atoms with Gasteiger partial charge in [0.2, 0.25) is 5.16 Å². The van der Waals surface area contributed by atoms with Crippen LogP contribution in [0.2, 0.25) is 5.02 Å². The van der Waals surface area contributed by atoms with Gasteiger partial charge >= 0.3 is 0 Å². The predicted molar refractivity (Wildman–Crippen MR) is 83.9 cm³/mol. The second kappa shape index (κ2) is 7.06. The molecule has 2 heterocycles. The van der Waals surface area contributed by atoms with Crippen molar-refractivity contribution < 1.29 is 4.74 Å². The quantitative estimate of drug-likeness (QED) is 0.627. The van der Waals surface area contributed by atoms with E-state index in [1.807, 2.05) is 30.5 Å². The van der Waals surface area contributed by atoms with Crippen LogP contribution in [-0.2, 0) is 10.5 Å². The van der Waals surface area contributed by atoms with E-state index in [0.29, 0.717) is 5.92 Å². The Balaban J connectivity index is 1.60. The van der Waals surface area contributed by atoms with Crippen molar-refractivity contribution in [2.24, 2.45) is 11.0 Å². The minimum Gasteiger partial charge on any atom is -0.381 e. The third kappa shape index (κ3) is 4.06. The molecule has 1 aliphatic rings. The minimum absolute atomic E-state index is 0.390. The van der Waals surface area contributed by atoms with Crippen LogP contribution in [0.1, 0.15) is 12.0 Å². The van der Waals surface area contributed by atoms with Gasteiger partial charge in [0, 0.05) is 29.5 Å². The topological polar surface area (TPSA) is 52.3 Å². The first-order valence-corrected chi connectivity index (χ1v) is 8.07. The fourth-order valence-corrected chi connectivity index (χ4v) is 2.90. The molecule has 1 aromatic carbocycles. The predicted octanol–water partition coefficient (Wildman–Crippen LogP) is 3.09. The Hall–Kier alpha value is -1.37. The second-order valence-corrected chi connectivity index (χ2v) is 6.14. The van der Waals surface area contributed by atoms with Crippen LogP contribution < -0.4 is 0 Å². The summed E-state index contributed by atoms with van der Waals surface area (Å²) in [6.07, 6.45) is 4.57. The van der Waals surface area contributed by atoms with Crippen LogP contribution in [0, 0.1) is 5.92 Å². The third-order valence-electron chi connectivity index (χ3n) is 3.15. The van der Waals surface area contributed by atoms with E-state index in [9.17, 15) is 0 Å². The molecule has 0 radical (unpaired) electrons. The van der Waals surface area contributed by atoms with Gasteiger partial charge in [-0.2, -0.15) is 9.78 Å². The maximum atomic E-state index is 5.88. The maximum Gasteiger partial charge on any atom is 0.212 e. The Bertz CT molecular complexity index is 608. The first-order chi connectivity index (χ1) is 10.3. The van der Waals surface area contributed by atoms with Gasteiger partial charge in [-0.05, 0) is 24.1 Å². The monoisotopic (exact) mass is 322 g/mol. The lowest BCUT2D eigenvalue weighted by Crippen LogP contribution is -2.02. The molecule has 1 aromatic heterocycles. The van der Waals surface area contributed by atoms with Crippen molar-refractivity contribution in [3.05, 3.63) is 41.2 Å². The molecule has 7 heteroatoms. The van der Waals surface area contributed by atoms with Gasteiger partial charge in [-0.3, -0.25) is 0 Å². The summed E-state index contributed by atoms with van der Waals surface area (Å²) in [5.74, 6) is 1.19. The maximum absolute atomic E-state index is 5.88. The molecule has 1 atom stereocenters. The molecule has 0 N–H and O–H groups in total. The van der Waals surface area contributed by atoms with Crippen molar-refractivity contribution in [2.75, 3.05) is 13.2 Å². The largest absolute Gasteiger partial charge is 0.381 e. The van der Waals surface area contributed by atoms with Gasteiger partial charge in [0.15, 0.2) is 0 Å². The molecule has 0 amide bonds. The van der Waals surface area contributed by atoms with Crippen LogP contribution in [0.5, 0.6) is 0 Å². The lowest BCUT2D eigenvalue weighted by atomic mass is 10.1. The highest BCUT2D eigenvalue weighted by molar-refractivity contribution is 7.98. The van der Waals surface area contributed by atoms with Crippen LogP contribution in [-0.4, -0.2) is 34.3 Å². The third-order valence-corrected chi connectivity index (χ3v) is 4.40. The van der Waals surface area contributed by atoms with E-state index < -0.39 is 0 Å². The molecular weight excluding hydrogens is 308 g/mol. The zero-order chi connectivity index (χ0) is 14.5. The minimum atomic E-state index is 0.390. The van der Waals surface area contributed by atoms with Gasteiger partial charge in [0.05, 0.1) is 6.61 Å². The SMILES string of the molecule is Clc1ccc(CSc2nncn2N=CC2CCOC2)cc1. The van der Waals surface area contributed by atoms with Gasteiger partial charge in [-0.15, -0.1) is 10.2 Å². The molecule has 0 spiro atoms. The highest BCUT2D eigenvalue weighted by Crippen LogP contribution is 2.21. The van der Waals surface area contributed by atoms with E-state index in [-0.39, 0.29) is 0 Å². The molecule has 0 aliphatic carbocycles. The standard InChI is InChI=1S/C14H15ClN4OS/c15-13-3-1-11(2-4-13)9-21-14-18-16-10-19(14)17-7-12-5-6-20-8-12/h1-4,7,10,12H,5-6,8-9H2. The van der Waals surface area contributed by atoms with Gasteiger partial charge < -0.3 is 4.74 Å². The molecule has 2 aromatic rings. The Kier molecular flexibility index (Phi) is 4.90. The van der Waals surface area contributed by atoms with Gasteiger partial charge in [-0.25, -0.2) is 0 Å². The van der Waals surface area contributed by atoms with E-state index in [4.69, 9.17) is 16.3 Å². The van der Waals surface area contributed by atoms with Crippen molar-refractivity contribution in [1.82, 2.24) is 14.9 Å². The molecule has 1 saturated heterocycles. The zero-order valence-corrected chi connectivity index (χ0v) is 12.9. The van der Waals surface area contributed by atoms with Crippen molar-refractivity contribution in [3.63, 3.8) is 0 Å². The Labute approximate surface area is 132 Å². The van der Waals surface area contributed by atoms with Crippen LogP contribution in [0.15, 0.2) is 40.9 Å². The van der Waals surface area contributed by atoms with Gasteiger partial charge in [0.25, 0.3) is 0 Å². The van der Waals surface area contributed by atoms with E-state index in [1.165, 1.54) is 5.56 Å². The molecule has 110 valence electrons. The Morgan fingerprint density at radius 1 is 1.43 bits per heavy atom. The lowest BCUT2D eigenvalue weighted by molar-refractivity contribution is 0.193. The first kappa shape index (κ1) is 14.6. The highest BCUT2D eigenvalue weighted by atomic mass is 35.5. The van der Waals surface area contributed by atoms with E-state index >= 15 is 0 Å². The van der Waals surface area contributed by atoms with Crippen molar-refractivity contribution in [2.45, 2.75) is 17.3 Å². The molecule has 5 nitrogen and oxygen atoms in total. The van der Waals surface area contributed by atoms with Crippen molar-refractivity contribution in [1.29, 1.82) is 0 Å². The van der Waals surface area contributed by atoms with E-state index in [0.717, 1.165) is 35.6 Å². The summed E-state index contributed by atoms with van der Waals surface area (Å²) >= 11 is 7.47. The van der Waals surface area contributed by atoms with Gasteiger partial charge in [-0.1, -0.05) is 35.5 Å². The second-order valence-electron chi connectivity index (χ2n) is 4.76. The summed E-state index contributed by atoms with van der Waals surface area (Å²) in [6, 6.07) is 7.80. The molecule has 3 rings (SSSR count). The van der Waals surface area contributed by atoms with Crippen LogP contribution in [0.4, 0.5) is 0 Å². The van der Waals surface area contributed by atoms with E-state index in [2.05, 4.69) is 15.3 Å². The number of hydrogen-bond donors (Lipinski definition) is 0. The van der Waals surface area contributed by atoms with Crippen LogP contribution in [0.25, 0.3) is 0 Å². The number of hydrogen-bond acceptors (Lipinski definition) is 5. The summed E-state index contributed by atoms with van der Waals surface area (Å²) in [7, 11) is 0. The fourth-order valence-electron chi connectivity index (χ4n) is 1.96. The summed E-state index contributed by atoms with van der Waals surface area (Å²) < 4.78 is 7.03. The molecule has 0 bridgehead atoms. The number of halogens is 1. The smallest absolute Gasteiger partial charge is 0.212 e. The number of thioether (sulfide) groups is 1. The molecule has 1 fully saturated rings. The normalized spacial score (nSPS) is 18.6. The average Bonchev–Trinajstić information content (AvgIpc) is 3.16. The number of nitrogens with zero attached hydrogens (tertiary/aromatic N) is 4. The molecular formula is C14H15ClN4OS. The lowest BCUT2D eigenvalue weighted by Gasteiger charge is -2.02. The summed E-state index contributed by atoms with van der Waals surface area (Å²) in [5.41, 5.74) is 1.19. The zero-order valence-electron chi connectivity index (χ0n) is 11.4. The number of aromatic nitrogens is 3. The Morgan fingerprint density at radius 3 is 3.05 bits per heavy atom. The number of rotatable bonds is 5. The van der Waals surface area contributed by atoms with Crippen molar-refractivity contribution >= 4 is 29.6 Å². The molecule has 1 unspecified atom stereocenters. The van der Waals surface area contributed by atoms with E-state index in [1.54, 1.807) is 22.8 Å².